The predicted molar refractivity (Wildman–Crippen MR) is 73.7 cm³/mol. The molecule has 1 unspecified atom stereocenters. The van der Waals surface area contributed by atoms with E-state index in [1.54, 1.807) is 11.3 Å². The van der Waals surface area contributed by atoms with Crippen molar-refractivity contribution in [1.29, 1.82) is 0 Å². The molecule has 0 radical (unpaired) electrons. The van der Waals surface area contributed by atoms with Crippen molar-refractivity contribution in [3.05, 3.63) is 52.0 Å². The van der Waals surface area contributed by atoms with E-state index in [0.29, 0.717) is 12.8 Å². The fourth-order valence-electron chi connectivity index (χ4n) is 1.78. The minimum atomic E-state index is -0.450. The third-order valence-electron chi connectivity index (χ3n) is 2.73. The molecular weight excluding hydrogens is 244 g/mol. The normalized spacial score (nSPS) is 12.3. The Balaban J connectivity index is 1.93. The highest BCUT2D eigenvalue weighted by Crippen LogP contribution is 2.10. The fourth-order valence-corrected chi connectivity index (χ4v) is 2.39. The first-order valence-corrected chi connectivity index (χ1v) is 6.76. The van der Waals surface area contributed by atoms with E-state index in [4.69, 9.17) is 5.73 Å². The second-order valence-electron chi connectivity index (χ2n) is 4.30. The van der Waals surface area contributed by atoms with E-state index >= 15 is 0 Å². The Bertz CT molecular complexity index is 522. The number of Topliss-reactive ketones (excluding diaryl/α,β-unsaturated/α-hetero) is 1. The number of nitrogens with two attached hydrogens (primary N) is 1. The van der Waals surface area contributed by atoms with Crippen LogP contribution in [-0.4, -0.2) is 16.8 Å². The van der Waals surface area contributed by atoms with Crippen LogP contribution in [0.2, 0.25) is 0 Å². The molecule has 0 aliphatic rings. The molecule has 0 aliphatic heterocycles. The minimum Gasteiger partial charge on any atom is -0.321 e. The molecule has 1 aromatic heterocycles. The summed E-state index contributed by atoms with van der Waals surface area (Å²) in [6.07, 6.45) is 0.918. The number of carbonyl (C=O) groups excluding carboxylic acids is 1. The molecule has 0 saturated carbocycles. The number of nitrogens with zero attached hydrogens (tertiary/aromatic N) is 1. The molecule has 2 aromatic rings. The van der Waals surface area contributed by atoms with Crippen LogP contribution in [0.5, 0.6) is 0 Å². The van der Waals surface area contributed by atoms with E-state index in [1.807, 2.05) is 42.6 Å². The minimum absolute atomic E-state index is 0.0455. The second-order valence-corrected chi connectivity index (χ2v) is 5.36. The van der Waals surface area contributed by atoms with Gasteiger partial charge in [0.15, 0.2) is 5.78 Å². The van der Waals surface area contributed by atoms with Crippen molar-refractivity contribution in [3.8, 4) is 0 Å². The van der Waals surface area contributed by atoms with E-state index in [-0.39, 0.29) is 5.78 Å². The van der Waals surface area contributed by atoms with E-state index < -0.39 is 6.04 Å². The number of rotatable bonds is 5. The maximum atomic E-state index is 12.0. The number of aryl methyl sites for hydroxylation is 1. The number of hydrogen-bond acceptors (Lipinski definition) is 4. The molecule has 4 heteroatoms. The lowest BCUT2D eigenvalue weighted by atomic mass is 10.0. The third-order valence-corrected chi connectivity index (χ3v) is 3.56. The Morgan fingerprint density at radius 2 is 2.11 bits per heavy atom. The molecule has 0 amide bonds. The average molecular weight is 260 g/mol. The van der Waals surface area contributed by atoms with Crippen LogP contribution in [0.3, 0.4) is 0 Å². The van der Waals surface area contributed by atoms with Crippen LogP contribution in [-0.2, 0) is 17.6 Å². The molecule has 0 saturated heterocycles. The topological polar surface area (TPSA) is 56.0 Å². The van der Waals surface area contributed by atoms with Crippen LogP contribution >= 0.6 is 11.3 Å². The van der Waals surface area contributed by atoms with Crippen LogP contribution in [0.1, 0.15) is 16.3 Å². The van der Waals surface area contributed by atoms with Gasteiger partial charge in [-0.1, -0.05) is 30.3 Å². The van der Waals surface area contributed by atoms with Crippen molar-refractivity contribution in [2.75, 3.05) is 0 Å². The van der Waals surface area contributed by atoms with Crippen LogP contribution in [0.25, 0.3) is 0 Å². The van der Waals surface area contributed by atoms with Crippen LogP contribution in [0.4, 0.5) is 0 Å². The molecule has 0 aliphatic carbocycles. The van der Waals surface area contributed by atoms with Crippen molar-refractivity contribution in [2.45, 2.75) is 25.8 Å². The number of carbonyl (C=O) groups is 1. The van der Waals surface area contributed by atoms with Gasteiger partial charge in [-0.05, 0) is 18.9 Å². The van der Waals surface area contributed by atoms with Crippen molar-refractivity contribution < 1.29 is 4.79 Å². The first-order valence-electron chi connectivity index (χ1n) is 5.88. The zero-order valence-electron chi connectivity index (χ0n) is 10.3. The Labute approximate surface area is 111 Å². The third kappa shape index (κ3) is 3.48. The lowest BCUT2D eigenvalue weighted by Gasteiger charge is -2.09. The first-order chi connectivity index (χ1) is 8.65. The average Bonchev–Trinajstić information content (AvgIpc) is 2.76. The molecule has 94 valence electrons. The number of thiazole rings is 1. The molecule has 1 atom stereocenters. The highest BCUT2D eigenvalue weighted by Gasteiger charge is 2.15. The van der Waals surface area contributed by atoms with Gasteiger partial charge in [0.05, 0.1) is 23.2 Å². The Hall–Kier alpha value is -1.52. The van der Waals surface area contributed by atoms with Gasteiger partial charge < -0.3 is 5.73 Å². The number of ketones is 1. The first kappa shape index (κ1) is 12.9. The van der Waals surface area contributed by atoms with Crippen molar-refractivity contribution in [2.24, 2.45) is 5.73 Å². The standard InChI is InChI=1S/C14H16N2OS/c1-10-16-12(9-18-10)8-14(17)13(15)7-11-5-3-2-4-6-11/h2-6,9,13H,7-8,15H2,1H3. The summed E-state index contributed by atoms with van der Waals surface area (Å²) in [6.45, 7) is 1.93. The van der Waals surface area contributed by atoms with Gasteiger partial charge in [0.1, 0.15) is 0 Å². The van der Waals surface area contributed by atoms with E-state index in [9.17, 15) is 4.79 Å². The Kier molecular flexibility index (Phi) is 4.23. The van der Waals surface area contributed by atoms with Crippen molar-refractivity contribution in [3.63, 3.8) is 0 Å². The van der Waals surface area contributed by atoms with Gasteiger partial charge in [-0.2, -0.15) is 0 Å². The smallest absolute Gasteiger partial charge is 0.155 e. The quantitative estimate of drug-likeness (QED) is 0.896. The van der Waals surface area contributed by atoms with Gasteiger partial charge in [-0.25, -0.2) is 4.98 Å². The van der Waals surface area contributed by atoms with Gasteiger partial charge >= 0.3 is 0 Å². The molecule has 0 spiro atoms. The zero-order chi connectivity index (χ0) is 13.0. The fraction of sp³-hybridized carbons (Fsp3) is 0.286. The summed E-state index contributed by atoms with van der Waals surface area (Å²) >= 11 is 1.56. The van der Waals surface area contributed by atoms with Gasteiger partial charge in [-0.15, -0.1) is 11.3 Å². The summed E-state index contributed by atoms with van der Waals surface area (Å²) in [5, 5.41) is 2.90. The van der Waals surface area contributed by atoms with Gasteiger partial charge in [0, 0.05) is 5.38 Å². The van der Waals surface area contributed by atoms with E-state index in [1.165, 1.54) is 0 Å². The summed E-state index contributed by atoms with van der Waals surface area (Å²) in [4.78, 5) is 16.2. The van der Waals surface area contributed by atoms with Gasteiger partial charge in [-0.3, -0.25) is 4.79 Å². The number of benzene rings is 1. The molecule has 2 rings (SSSR count). The molecule has 2 N–H and O–H groups in total. The highest BCUT2D eigenvalue weighted by atomic mass is 32.1. The summed E-state index contributed by atoms with van der Waals surface area (Å²) in [7, 11) is 0. The molecule has 1 heterocycles. The summed E-state index contributed by atoms with van der Waals surface area (Å²) in [5.74, 6) is 0.0455. The zero-order valence-corrected chi connectivity index (χ0v) is 11.1. The van der Waals surface area contributed by atoms with Crippen LogP contribution < -0.4 is 5.73 Å². The second kappa shape index (κ2) is 5.89. The van der Waals surface area contributed by atoms with Crippen LogP contribution in [0.15, 0.2) is 35.7 Å². The highest BCUT2D eigenvalue weighted by molar-refractivity contribution is 7.09. The Morgan fingerprint density at radius 3 is 2.72 bits per heavy atom. The Morgan fingerprint density at radius 1 is 1.39 bits per heavy atom. The largest absolute Gasteiger partial charge is 0.321 e. The molecule has 0 fully saturated rings. The SMILES string of the molecule is Cc1nc(CC(=O)C(N)Cc2ccccc2)cs1. The van der Waals surface area contributed by atoms with E-state index in [0.717, 1.165) is 16.3 Å². The monoisotopic (exact) mass is 260 g/mol. The molecule has 1 aromatic carbocycles. The number of aromatic nitrogens is 1. The number of hydrogen-bond donors (Lipinski definition) is 1. The summed E-state index contributed by atoms with van der Waals surface area (Å²) in [6, 6.07) is 9.39. The molecule has 0 bridgehead atoms. The molecule has 18 heavy (non-hydrogen) atoms. The van der Waals surface area contributed by atoms with E-state index in [2.05, 4.69) is 4.98 Å². The predicted octanol–water partition coefficient (Wildman–Crippen LogP) is 2.13. The maximum Gasteiger partial charge on any atom is 0.155 e. The van der Waals surface area contributed by atoms with Gasteiger partial charge in [0.25, 0.3) is 0 Å². The van der Waals surface area contributed by atoms with Crippen LogP contribution in [0, 0.1) is 6.92 Å². The lowest BCUT2D eigenvalue weighted by Crippen LogP contribution is -2.34. The molecular formula is C14H16N2OS. The van der Waals surface area contributed by atoms with Gasteiger partial charge in [0.2, 0.25) is 0 Å². The molecule has 3 nitrogen and oxygen atoms in total. The van der Waals surface area contributed by atoms with Crippen molar-refractivity contribution in [1.82, 2.24) is 4.98 Å². The summed E-state index contributed by atoms with van der Waals surface area (Å²) < 4.78 is 0. The maximum absolute atomic E-state index is 12.0. The van der Waals surface area contributed by atoms with Crippen molar-refractivity contribution >= 4 is 17.1 Å². The summed E-state index contributed by atoms with van der Waals surface area (Å²) in [5.41, 5.74) is 7.85. The lowest BCUT2D eigenvalue weighted by molar-refractivity contribution is -0.119.